The van der Waals surface area contributed by atoms with Crippen LogP contribution in [0.1, 0.15) is 43.7 Å². The molecular formula is C15H22N2O2S2. The monoisotopic (exact) mass is 326 g/mol. The van der Waals surface area contributed by atoms with Crippen molar-refractivity contribution < 1.29 is 8.42 Å². The number of nitrogens with two attached hydrogens (primary N) is 1. The first-order valence-electron chi connectivity index (χ1n) is 7.22. The molecular weight excluding hydrogens is 304 g/mol. The number of nitrogens with one attached hydrogen (secondary N) is 1. The van der Waals surface area contributed by atoms with Crippen LogP contribution in [0.5, 0.6) is 0 Å². The minimum Gasteiger partial charge on any atom is -0.389 e. The molecule has 6 heteroatoms. The van der Waals surface area contributed by atoms with E-state index >= 15 is 0 Å². The summed E-state index contributed by atoms with van der Waals surface area (Å²) in [4.78, 5) is 0.317. The minimum atomic E-state index is -3.30. The third-order valence-electron chi connectivity index (χ3n) is 4.43. The lowest BCUT2D eigenvalue weighted by molar-refractivity contribution is 0.133. The Hall–Kier alpha value is -0.980. The van der Waals surface area contributed by atoms with E-state index in [4.69, 9.17) is 18.0 Å². The fraction of sp³-hybridized carbons (Fsp3) is 0.533. The Balaban J connectivity index is 1.95. The average Bonchev–Trinajstić information content (AvgIpc) is 2.38. The van der Waals surface area contributed by atoms with Crippen molar-refractivity contribution in [1.82, 2.24) is 4.72 Å². The molecule has 1 fully saturated rings. The standard InChI is InChI=1S/C15H22N2O2S2/c1-2-15(8-3-9-15)11-17-21(18,19)10-12-4-6-13(7-5-12)14(16)20/h4-7,17H,2-3,8-11H2,1H3,(H2,16,20). The van der Waals surface area contributed by atoms with Gasteiger partial charge in [0.1, 0.15) is 4.99 Å². The van der Waals surface area contributed by atoms with E-state index < -0.39 is 10.0 Å². The van der Waals surface area contributed by atoms with E-state index in [1.807, 2.05) is 0 Å². The maximum atomic E-state index is 12.2. The lowest BCUT2D eigenvalue weighted by Crippen LogP contribution is -2.42. The highest BCUT2D eigenvalue weighted by Crippen LogP contribution is 2.43. The highest BCUT2D eigenvalue weighted by molar-refractivity contribution is 7.88. The van der Waals surface area contributed by atoms with Gasteiger partial charge in [0.25, 0.3) is 0 Å². The zero-order chi connectivity index (χ0) is 15.5. The molecule has 0 atom stereocenters. The summed E-state index contributed by atoms with van der Waals surface area (Å²) in [6.07, 6.45) is 4.47. The summed E-state index contributed by atoms with van der Waals surface area (Å²) in [5.74, 6) is -0.00952. The summed E-state index contributed by atoms with van der Waals surface area (Å²) in [7, 11) is -3.30. The van der Waals surface area contributed by atoms with E-state index in [1.165, 1.54) is 6.42 Å². The van der Waals surface area contributed by atoms with Gasteiger partial charge in [0.2, 0.25) is 10.0 Å². The third kappa shape index (κ3) is 4.25. The van der Waals surface area contributed by atoms with Crippen molar-refractivity contribution >= 4 is 27.2 Å². The van der Waals surface area contributed by atoms with Gasteiger partial charge >= 0.3 is 0 Å². The molecule has 0 heterocycles. The van der Waals surface area contributed by atoms with Crippen molar-refractivity contribution in [2.24, 2.45) is 11.1 Å². The molecule has 1 aliphatic rings. The van der Waals surface area contributed by atoms with Gasteiger partial charge in [0, 0.05) is 12.1 Å². The highest BCUT2D eigenvalue weighted by atomic mass is 32.2. The Morgan fingerprint density at radius 2 is 1.95 bits per heavy atom. The summed E-state index contributed by atoms with van der Waals surface area (Å²) in [6, 6.07) is 7.03. The molecule has 116 valence electrons. The van der Waals surface area contributed by atoms with Crippen LogP contribution in [0.15, 0.2) is 24.3 Å². The molecule has 21 heavy (non-hydrogen) atoms. The van der Waals surface area contributed by atoms with E-state index in [0.717, 1.165) is 30.4 Å². The van der Waals surface area contributed by atoms with Crippen LogP contribution in [0.4, 0.5) is 0 Å². The van der Waals surface area contributed by atoms with E-state index in [9.17, 15) is 8.42 Å². The largest absolute Gasteiger partial charge is 0.389 e. The Morgan fingerprint density at radius 1 is 1.33 bits per heavy atom. The first kappa shape index (κ1) is 16.4. The number of hydrogen-bond donors (Lipinski definition) is 2. The van der Waals surface area contributed by atoms with Crippen LogP contribution in [0.3, 0.4) is 0 Å². The fourth-order valence-electron chi connectivity index (χ4n) is 2.63. The lowest BCUT2D eigenvalue weighted by Gasteiger charge is -2.41. The van der Waals surface area contributed by atoms with Crippen molar-refractivity contribution in [3.8, 4) is 0 Å². The molecule has 0 aromatic heterocycles. The Morgan fingerprint density at radius 3 is 2.38 bits per heavy atom. The molecule has 0 amide bonds. The third-order valence-corrected chi connectivity index (χ3v) is 5.96. The van der Waals surface area contributed by atoms with Crippen molar-refractivity contribution in [3.63, 3.8) is 0 Å². The molecule has 0 spiro atoms. The van der Waals surface area contributed by atoms with E-state index in [0.29, 0.717) is 11.5 Å². The SMILES string of the molecule is CCC1(CNS(=O)(=O)Cc2ccc(C(N)=S)cc2)CCC1. The normalized spacial score (nSPS) is 17.2. The van der Waals surface area contributed by atoms with Gasteiger partial charge in [-0.25, -0.2) is 13.1 Å². The Labute approximate surface area is 132 Å². The second kappa shape index (κ2) is 6.42. The zero-order valence-corrected chi connectivity index (χ0v) is 13.9. The van der Waals surface area contributed by atoms with Gasteiger partial charge in [-0.3, -0.25) is 0 Å². The second-order valence-electron chi connectivity index (χ2n) is 5.85. The van der Waals surface area contributed by atoms with E-state index in [-0.39, 0.29) is 11.2 Å². The van der Waals surface area contributed by atoms with Crippen LogP contribution in [-0.2, 0) is 15.8 Å². The van der Waals surface area contributed by atoms with E-state index in [1.54, 1.807) is 24.3 Å². The van der Waals surface area contributed by atoms with Crippen LogP contribution in [-0.4, -0.2) is 20.0 Å². The smallest absolute Gasteiger partial charge is 0.215 e. The first-order valence-corrected chi connectivity index (χ1v) is 9.28. The van der Waals surface area contributed by atoms with Gasteiger partial charge in [-0.1, -0.05) is 49.8 Å². The van der Waals surface area contributed by atoms with E-state index in [2.05, 4.69) is 11.6 Å². The Kier molecular flexibility index (Phi) is 5.01. The van der Waals surface area contributed by atoms with Gasteiger partial charge in [-0.05, 0) is 30.2 Å². The van der Waals surface area contributed by atoms with Crippen LogP contribution >= 0.6 is 12.2 Å². The predicted octanol–water partition coefficient (Wildman–Crippen LogP) is 2.32. The lowest BCUT2D eigenvalue weighted by atomic mass is 9.67. The highest BCUT2D eigenvalue weighted by Gasteiger charge is 2.35. The maximum absolute atomic E-state index is 12.2. The number of sulfonamides is 1. The average molecular weight is 326 g/mol. The van der Waals surface area contributed by atoms with Crippen LogP contribution in [0.25, 0.3) is 0 Å². The Bertz CT molecular complexity index is 600. The molecule has 0 aliphatic heterocycles. The van der Waals surface area contributed by atoms with Crippen molar-refractivity contribution in [3.05, 3.63) is 35.4 Å². The van der Waals surface area contributed by atoms with Gasteiger partial charge < -0.3 is 5.73 Å². The summed E-state index contributed by atoms with van der Waals surface area (Å²) in [5.41, 5.74) is 7.19. The maximum Gasteiger partial charge on any atom is 0.215 e. The topological polar surface area (TPSA) is 72.2 Å². The number of rotatable bonds is 7. The molecule has 4 nitrogen and oxygen atoms in total. The summed E-state index contributed by atoms with van der Waals surface area (Å²) >= 11 is 4.88. The van der Waals surface area contributed by atoms with Crippen molar-refractivity contribution in [2.45, 2.75) is 38.4 Å². The molecule has 2 rings (SSSR count). The fourth-order valence-corrected chi connectivity index (χ4v) is 4.03. The van der Waals surface area contributed by atoms with Crippen molar-refractivity contribution in [2.75, 3.05) is 6.54 Å². The quantitative estimate of drug-likeness (QED) is 0.754. The van der Waals surface area contributed by atoms with Crippen LogP contribution < -0.4 is 10.5 Å². The molecule has 0 saturated heterocycles. The van der Waals surface area contributed by atoms with Gasteiger partial charge in [-0.2, -0.15) is 0 Å². The molecule has 0 bridgehead atoms. The number of hydrogen-bond acceptors (Lipinski definition) is 3. The summed E-state index contributed by atoms with van der Waals surface area (Å²) < 4.78 is 27.1. The van der Waals surface area contributed by atoms with Gasteiger partial charge in [0.05, 0.1) is 5.75 Å². The minimum absolute atomic E-state index is 0.00952. The molecule has 3 N–H and O–H groups in total. The zero-order valence-electron chi connectivity index (χ0n) is 12.3. The second-order valence-corrected chi connectivity index (χ2v) is 8.10. The summed E-state index contributed by atoms with van der Waals surface area (Å²) in [6.45, 7) is 2.68. The molecule has 0 unspecified atom stereocenters. The van der Waals surface area contributed by atoms with Crippen molar-refractivity contribution in [1.29, 1.82) is 0 Å². The van der Waals surface area contributed by atoms with Crippen LogP contribution in [0.2, 0.25) is 0 Å². The van der Waals surface area contributed by atoms with Gasteiger partial charge in [-0.15, -0.1) is 0 Å². The molecule has 0 radical (unpaired) electrons. The van der Waals surface area contributed by atoms with Gasteiger partial charge in [0.15, 0.2) is 0 Å². The number of benzene rings is 1. The van der Waals surface area contributed by atoms with Crippen LogP contribution in [0, 0.1) is 5.41 Å². The molecule has 1 aromatic rings. The molecule has 1 aliphatic carbocycles. The first-order chi connectivity index (χ1) is 9.86. The number of thiocarbonyl (C=S) groups is 1. The molecule has 1 aromatic carbocycles. The summed E-state index contributed by atoms with van der Waals surface area (Å²) in [5, 5.41) is 0. The predicted molar refractivity (Wildman–Crippen MR) is 89.5 cm³/mol. The molecule has 1 saturated carbocycles.